The van der Waals surface area contributed by atoms with E-state index in [1.54, 1.807) is 0 Å². The van der Waals surface area contributed by atoms with Crippen LogP contribution in [0.3, 0.4) is 0 Å². The van der Waals surface area contributed by atoms with E-state index in [2.05, 4.69) is 6.92 Å². The van der Waals surface area contributed by atoms with Gasteiger partial charge in [0, 0.05) is 0 Å². The Labute approximate surface area is 156 Å². The lowest BCUT2D eigenvalue weighted by molar-refractivity contribution is 0.121. The highest BCUT2D eigenvalue weighted by atomic mass is 19.2. The van der Waals surface area contributed by atoms with E-state index in [1.807, 2.05) is 0 Å². The molecule has 26 heavy (non-hydrogen) atoms. The molecule has 0 spiro atoms. The van der Waals surface area contributed by atoms with Crippen LogP contribution in [0.1, 0.15) is 64.7 Å². The summed E-state index contributed by atoms with van der Waals surface area (Å²) < 4.78 is 38.1. The smallest absolute Gasteiger partial charge is 0.204 e. The standard InChI is InChI=1S/C22H32F2O2/c1-3-15-4-8-17(9-5-15)18-10-6-16(7-11-18)14-26-20-13-12-19(25-2)21(23)22(20)24/h12-13,15-18H,3-11,14H2,1-2H3. The first-order valence-electron chi connectivity index (χ1n) is 10.3. The number of halogens is 2. The molecule has 146 valence electrons. The summed E-state index contributed by atoms with van der Waals surface area (Å²) in [7, 11) is 1.32. The summed E-state index contributed by atoms with van der Waals surface area (Å²) in [5, 5.41) is 0. The average Bonchev–Trinajstić information content (AvgIpc) is 2.70. The van der Waals surface area contributed by atoms with Crippen LogP contribution in [0.2, 0.25) is 0 Å². The van der Waals surface area contributed by atoms with E-state index in [1.165, 1.54) is 64.2 Å². The zero-order chi connectivity index (χ0) is 18.5. The van der Waals surface area contributed by atoms with Gasteiger partial charge in [-0.05, 0) is 74.3 Å². The van der Waals surface area contributed by atoms with Gasteiger partial charge in [0.1, 0.15) is 0 Å². The monoisotopic (exact) mass is 366 g/mol. The third-order valence-electron chi connectivity index (χ3n) is 6.73. The van der Waals surface area contributed by atoms with Crippen LogP contribution in [-0.4, -0.2) is 13.7 Å². The van der Waals surface area contributed by atoms with Gasteiger partial charge < -0.3 is 9.47 Å². The fourth-order valence-electron chi connectivity index (χ4n) is 4.88. The Balaban J connectivity index is 1.44. The molecule has 2 nitrogen and oxygen atoms in total. The van der Waals surface area contributed by atoms with Gasteiger partial charge in [-0.15, -0.1) is 0 Å². The SMILES string of the molecule is CCC1CCC(C2CCC(COc3ccc(OC)c(F)c3F)CC2)CC1. The lowest BCUT2D eigenvalue weighted by atomic mass is 9.69. The minimum Gasteiger partial charge on any atom is -0.494 e. The molecule has 2 fully saturated rings. The normalized spacial score (nSPS) is 29.4. The molecule has 2 aliphatic carbocycles. The Morgan fingerprint density at radius 1 is 0.808 bits per heavy atom. The van der Waals surface area contributed by atoms with Gasteiger partial charge in [0.15, 0.2) is 11.5 Å². The van der Waals surface area contributed by atoms with Crippen LogP contribution < -0.4 is 9.47 Å². The molecule has 1 aromatic rings. The second kappa shape index (κ2) is 9.05. The van der Waals surface area contributed by atoms with Crippen molar-refractivity contribution in [2.75, 3.05) is 13.7 Å². The van der Waals surface area contributed by atoms with Gasteiger partial charge in [-0.3, -0.25) is 0 Å². The maximum atomic E-state index is 14.0. The molecule has 4 heteroatoms. The average molecular weight is 366 g/mol. The molecule has 0 unspecified atom stereocenters. The molecule has 0 aliphatic heterocycles. The third-order valence-corrected chi connectivity index (χ3v) is 6.73. The molecular weight excluding hydrogens is 334 g/mol. The number of hydrogen-bond donors (Lipinski definition) is 0. The molecule has 0 radical (unpaired) electrons. The van der Waals surface area contributed by atoms with Crippen molar-refractivity contribution in [3.8, 4) is 11.5 Å². The van der Waals surface area contributed by atoms with E-state index >= 15 is 0 Å². The van der Waals surface area contributed by atoms with E-state index < -0.39 is 11.6 Å². The van der Waals surface area contributed by atoms with Gasteiger partial charge in [-0.2, -0.15) is 8.78 Å². The number of benzene rings is 1. The molecule has 0 heterocycles. The Hall–Kier alpha value is -1.32. The van der Waals surface area contributed by atoms with E-state index in [0.29, 0.717) is 12.5 Å². The second-order valence-electron chi connectivity index (χ2n) is 8.17. The van der Waals surface area contributed by atoms with Crippen molar-refractivity contribution >= 4 is 0 Å². The minimum absolute atomic E-state index is 0.0108. The van der Waals surface area contributed by atoms with Gasteiger partial charge in [-0.25, -0.2) is 0 Å². The van der Waals surface area contributed by atoms with Crippen molar-refractivity contribution in [1.82, 2.24) is 0 Å². The van der Waals surface area contributed by atoms with Gasteiger partial charge >= 0.3 is 0 Å². The largest absolute Gasteiger partial charge is 0.494 e. The Morgan fingerprint density at radius 2 is 1.31 bits per heavy atom. The molecule has 0 saturated heterocycles. The summed E-state index contributed by atoms with van der Waals surface area (Å²) in [6.45, 7) is 2.78. The van der Waals surface area contributed by atoms with Crippen LogP contribution in [-0.2, 0) is 0 Å². The number of methoxy groups -OCH3 is 1. The highest BCUT2D eigenvalue weighted by molar-refractivity contribution is 5.34. The fourth-order valence-corrected chi connectivity index (χ4v) is 4.88. The van der Waals surface area contributed by atoms with Crippen LogP contribution in [0, 0.1) is 35.3 Å². The summed E-state index contributed by atoms with van der Waals surface area (Å²) in [6.07, 6.45) is 11.8. The molecule has 0 N–H and O–H groups in total. The Bertz CT molecular complexity index is 574. The van der Waals surface area contributed by atoms with Gasteiger partial charge in [0.05, 0.1) is 13.7 Å². The zero-order valence-corrected chi connectivity index (χ0v) is 16.1. The van der Waals surface area contributed by atoms with E-state index in [4.69, 9.17) is 9.47 Å². The minimum atomic E-state index is -0.976. The van der Waals surface area contributed by atoms with Gasteiger partial charge in [-0.1, -0.05) is 26.2 Å². The molecule has 0 amide bonds. The van der Waals surface area contributed by atoms with Crippen molar-refractivity contribution in [3.63, 3.8) is 0 Å². The van der Waals surface area contributed by atoms with Crippen LogP contribution in [0.4, 0.5) is 8.78 Å². The van der Waals surface area contributed by atoms with E-state index in [9.17, 15) is 8.78 Å². The second-order valence-corrected chi connectivity index (χ2v) is 8.17. The first-order chi connectivity index (χ1) is 12.6. The number of ether oxygens (including phenoxy) is 2. The third kappa shape index (κ3) is 4.50. The van der Waals surface area contributed by atoms with Crippen LogP contribution in [0.25, 0.3) is 0 Å². The molecule has 3 rings (SSSR count). The summed E-state index contributed by atoms with van der Waals surface area (Å²) in [5.41, 5.74) is 0. The molecule has 0 aromatic heterocycles. The zero-order valence-electron chi connectivity index (χ0n) is 16.1. The molecule has 0 bridgehead atoms. The quantitative estimate of drug-likeness (QED) is 0.582. The van der Waals surface area contributed by atoms with Crippen molar-refractivity contribution < 1.29 is 18.3 Å². The van der Waals surface area contributed by atoms with E-state index in [-0.39, 0.29) is 11.5 Å². The summed E-state index contributed by atoms with van der Waals surface area (Å²) in [6, 6.07) is 2.87. The maximum absolute atomic E-state index is 14.0. The lowest BCUT2D eigenvalue weighted by Crippen LogP contribution is -2.27. The predicted octanol–water partition coefficient (Wildman–Crippen LogP) is 6.38. The van der Waals surface area contributed by atoms with Gasteiger partial charge in [0.2, 0.25) is 11.6 Å². The lowest BCUT2D eigenvalue weighted by Gasteiger charge is -2.37. The van der Waals surface area contributed by atoms with Gasteiger partial charge in [0.25, 0.3) is 0 Å². The summed E-state index contributed by atoms with van der Waals surface area (Å²) in [5.74, 6) is 1.14. The predicted molar refractivity (Wildman–Crippen MR) is 99.6 cm³/mol. The first-order valence-corrected chi connectivity index (χ1v) is 10.3. The van der Waals surface area contributed by atoms with Crippen LogP contribution in [0.5, 0.6) is 11.5 Å². The van der Waals surface area contributed by atoms with Crippen molar-refractivity contribution in [1.29, 1.82) is 0 Å². The van der Waals surface area contributed by atoms with Crippen LogP contribution >= 0.6 is 0 Å². The number of hydrogen-bond acceptors (Lipinski definition) is 2. The summed E-state index contributed by atoms with van der Waals surface area (Å²) >= 11 is 0. The van der Waals surface area contributed by atoms with E-state index in [0.717, 1.165) is 30.6 Å². The van der Waals surface area contributed by atoms with Crippen molar-refractivity contribution in [2.24, 2.45) is 23.7 Å². The summed E-state index contributed by atoms with van der Waals surface area (Å²) in [4.78, 5) is 0. The van der Waals surface area contributed by atoms with Crippen molar-refractivity contribution in [2.45, 2.75) is 64.7 Å². The molecular formula is C22H32F2O2. The molecule has 1 aromatic carbocycles. The first kappa shape index (κ1) is 19.4. The molecule has 2 aliphatic rings. The molecule has 2 saturated carbocycles. The Morgan fingerprint density at radius 3 is 1.85 bits per heavy atom. The van der Waals surface area contributed by atoms with Crippen LogP contribution in [0.15, 0.2) is 12.1 Å². The molecule has 0 atom stereocenters. The number of rotatable bonds is 6. The van der Waals surface area contributed by atoms with Crippen molar-refractivity contribution in [3.05, 3.63) is 23.8 Å². The maximum Gasteiger partial charge on any atom is 0.204 e. The highest BCUT2D eigenvalue weighted by Crippen LogP contribution is 2.42. The fraction of sp³-hybridized carbons (Fsp3) is 0.727. The highest BCUT2D eigenvalue weighted by Gasteiger charge is 2.30. The Kier molecular flexibility index (Phi) is 6.77. The topological polar surface area (TPSA) is 18.5 Å².